The highest BCUT2D eigenvalue weighted by molar-refractivity contribution is 7.91. The molecule has 0 atom stereocenters. The van der Waals surface area contributed by atoms with Gasteiger partial charge in [-0.25, -0.2) is 13.4 Å². The number of hydrogen-bond acceptors (Lipinski definition) is 6. The minimum atomic E-state index is -3.91. The zero-order valence-electron chi connectivity index (χ0n) is 18.7. The van der Waals surface area contributed by atoms with Crippen molar-refractivity contribution in [3.8, 4) is 0 Å². The van der Waals surface area contributed by atoms with E-state index in [1.807, 2.05) is 62.4 Å². The monoisotopic (exact) mass is 491 g/mol. The van der Waals surface area contributed by atoms with E-state index in [0.29, 0.717) is 17.4 Å². The maximum absolute atomic E-state index is 13.5. The number of aromatic nitrogens is 4. The third-order valence-electron chi connectivity index (χ3n) is 5.88. The van der Waals surface area contributed by atoms with Crippen molar-refractivity contribution in [1.29, 1.82) is 0 Å². The summed E-state index contributed by atoms with van der Waals surface area (Å²) in [5.74, 6) is 0.580. The third kappa shape index (κ3) is 3.99. The standard InChI is InChI=1S/C25H22ClN5O2S/c1-16-7-12-20(15-17(16)2)34(32,33)25-24-28-23(27-14-13-18-8-10-19(26)11-9-18)21-5-3-4-6-22(21)31(24)30-29-25/h3-12,15H,13-14H2,1-2H3,(H,27,28). The fraction of sp³-hybridized carbons (Fsp3) is 0.160. The molecule has 34 heavy (non-hydrogen) atoms. The zero-order chi connectivity index (χ0) is 23.9. The molecule has 0 fully saturated rings. The van der Waals surface area contributed by atoms with E-state index in [2.05, 4.69) is 20.6 Å². The van der Waals surface area contributed by atoms with Crippen LogP contribution in [0.15, 0.2) is 76.7 Å². The molecule has 172 valence electrons. The first-order chi connectivity index (χ1) is 16.3. The maximum Gasteiger partial charge on any atom is 0.229 e. The lowest BCUT2D eigenvalue weighted by Crippen LogP contribution is -2.09. The Morgan fingerprint density at radius 1 is 0.971 bits per heavy atom. The van der Waals surface area contributed by atoms with Crippen LogP contribution in [0.25, 0.3) is 16.6 Å². The van der Waals surface area contributed by atoms with Crippen LogP contribution in [0.1, 0.15) is 16.7 Å². The molecule has 0 aliphatic heterocycles. The zero-order valence-corrected chi connectivity index (χ0v) is 20.2. The van der Waals surface area contributed by atoms with Gasteiger partial charge in [0.2, 0.25) is 14.9 Å². The van der Waals surface area contributed by atoms with Crippen LogP contribution in [0, 0.1) is 13.8 Å². The highest BCUT2D eigenvalue weighted by Gasteiger charge is 2.27. The summed E-state index contributed by atoms with van der Waals surface area (Å²) in [7, 11) is -3.91. The topological polar surface area (TPSA) is 89.2 Å². The molecule has 0 unspecified atom stereocenters. The Bertz CT molecular complexity index is 1630. The average Bonchev–Trinajstić information content (AvgIpc) is 3.27. The van der Waals surface area contributed by atoms with E-state index in [1.165, 1.54) is 4.52 Å². The van der Waals surface area contributed by atoms with Gasteiger partial charge in [-0.2, -0.15) is 4.52 Å². The molecular formula is C25H22ClN5O2S. The summed E-state index contributed by atoms with van der Waals surface area (Å²) in [6.07, 6.45) is 0.754. The molecule has 0 aliphatic rings. The highest BCUT2D eigenvalue weighted by atomic mass is 35.5. The van der Waals surface area contributed by atoms with E-state index < -0.39 is 9.84 Å². The Balaban J connectivity index is 1.57. The van der Waals surface area contributed by atoms with E-state index >= 15 is 0 Å². The van der Waals surface area contributed by atoms with E-state index in [0.717, 1.165) is 34.0 Å². The van der Waals surface area contributed by atoms with Crippen LogP contribution in [0.5, 0.6) is 0 Å². The fourth-order valence-electron chi connectivity index (χ4n) is 3.82. The molecule has 0 aliphatic carbocycles. The summed E-state index contributed by atoms with van der Waals surface area (Å²) < 4.78 is 28.4. The Morgan fingerprint density at radius 2 is 1.74 bits per heavy atom. The van der Waals surface area contributed by atoms with Crippen LogP contribution < -0.4 is 5.32 Å². The summed E-state index contributed by atoms with van der Waals surface area (Å²) in [4.78, 5) is 4.84. The molecule has 1 N–H and O–H groups in total. The normalized spacial score (nSPS) is 11.9. The Labute approximate surface area is 202 Å². The Hall–Kier alpha value is -3.49. The molecule has 2 aromatic heterocycles. The molecule has 2 heterocycles. The van der Waals surface area contributed by atoms with Crippen LogP contribution in [-0.2, 0) is 16.3 Å². The summed E-state index contributed by atoms with van der Waals surface area (Å²) in [5.41, 5.74) is 3.94. The van der Waals surface area contributed by atoms with Gasteiger partial charge in [-0.05, 0) is 73.4 Å². The molecular weight excluding hydrogens is 470 g/mol. The van der Waals surface area contributed by atoms with Gasteiger partial charge in [-0.1, -0.05) is 47.1 Å². The quantitative estimate of drug-likeness (QED) is 0.358. The van der Waals surface area contributed by atoms with Crippen molar-refractivity contribution in [1.82, 2.24) is 19.8 Å². The van der Waals surface area contributed by atoms with Gasteiger partial charge in [0.15, 0.2) is 5.65 Å². The minimum Gasteiger partial charge on any atom is -0.369 e. The summed E-state index contributed by atoms with van der Waals surface area (Å²) in [5, 5.41) is 12.9. The molecule has 9 heteroatoms. The van der Waals surface area contributed by atoms with Gasteiger partial charge in [-0.3, -0.25) is 0 Å². The molecule has 5 rings (SSSR count). The number of aryl methyl sites for hydroxylation is 2. The SMILES string of the molecule is Cc1ccc(S(=O)(=O)c2nnn3c2nc(NCCc2ccc(Cl)cc2)c2ccccc23)cc1C. The number of nitrogens with zero attached hydrogens (tertiary/aromatic N) is 4. The van der Waals surface area contributed by atoms with Gasteiger partial charge in [0.1, 0.15) is 5.82 Å². The molecule has 0 saturated heterocycles. The molecule has 3 aromatic carbocycles. The van der Waals surface area contributed by atoms with Crippen LogP contribution >= 0.6 is 11.6 Å². The van der Waals surface area contributed by atoms with Gasteiger partial charge < -0.3 is 5.32 Å². The second-order valence-corrected chi connectivity index (χ2v) is 10.5. The second-order valence-electron chi connectivity index (χ2n) is 8.16. The Morgan fingerprint density at radius 3 is 2.50 bits per heavy atom. The average molecular weight is 492 g/mol. The number of hydrogen-bond donors (Lipinski definition) is 1. The smallest absolute Gasteiger partial charge is 0.229 e. The predicted octanol–water partition coefficient (Wildman–Crippen LogP) is 5.04. The number of benzene rings is 3. The van der Waals surface area contributed by atoms with Gasteiger partial charge in [0.25, 0.3) is 0 Å². The van der Waals surface area contributed by atoms with Crippen LogP contribution in [0.3, 0.4) is 0 Å². The van der Waals surface area contributed by atoms with E-state index in [1.54, 1.807) is 18.2 Å². The first-order valence-electron chi connectivity index (χ1n) is 10.8. The van der Waals surface area contributed by atoms with Crippen LogP contribution in [-0.4, -0.2) is 34.8 Å². The number of para-hydroxylation sites is 1. The fourth-order valence-corrected chi connectivity index (χ4v) is 5.27. The molecule has 0 bridgehead atoms. The molecule has 0 saturated carbocycles. The summed E-state index contributed by atoms with van der Waals surface area (Å²) >= 11 is 5.97. The minimum absolute atomic E-state index is 0.165. The molecule has 0 amide bonds. The van der Waals surface area contributed by atoms with Gasteiger partial charge in [0, 0.05) is 17.0 Å². The van der Waals surface area contributed by atoms with E-state index in [-0.39, 0.29) is 15.6 Å². The third-order valence-corrected chi connectivity index (χ3v) is 7.78. The molecule has 0 radical (unpaired) electrons. The van der Waals surface area contributed by atoms with Crippen molar-refractivity contribution in [3.05, 3.63) is 88.4 Å². The van der Waals surface area contributed by atoms with Crippen molar-refractivity contribution in [2.75, 3.05) is 11.9 Å². The molecule has 5 aromatic rings. The number of anilines is 1. The van der Waals surface area contributed by atoms with Crippen LogP contribution in [0.2, 0.25) is 5.02 Å². The van der Waals surface area contributed by atoms with Crippen molar-refractivity contribution in [2.24, 2.45) is 0 Å². The number of rotatable bonds is 6. The lowest BCUT2D eigenvalue weighted by atomic mass is 10.1. The van der Waals surface area contributed by atoms with Crippen molar-refractivity contribution in [3.63, 3.8) is 0 Å². The largest absolute Gasteiger partial charge is 0.369 e. The number of halogens is 1. The number of nitrogens with one attached hydrogen (secondary N) is 1. The predicted molar refractivity (Wildman–Crippen MR) is 133 cm³/mol. The maximum atomic E-state index is 13.5. The van der Waals surface area contributed by atoms with E-state index in [4.69, 9.17) is 11.6 Å². The van der Waals surface area contributed by atoms with Crippen molar-refractivity contribution >= 4 is 43.8 Å². The van der Waals surface area contributed by atoms with Crippen molar-refractivity contribution < 1.29 is 8.42 Å². The van der Waals surface area contributed by atoms with E-state index in [9.17, 15) is 8.42 Å². The number of sulfone groups is 1. The van der Waals surface area contributed by atoms with Crippen LogP contribution in [0.4, 0.5) is 5.82 Å². The van der Waals surface area contributed by atoms with Gasteiger partial charge >= 0.3 is 0 Å². The summed E-state index contributed by atoms with van der Waals surface area (Å²) in [6, 6.07) is 20.3. The summed E-state index contributed by atoms with van der Waals surface area (Å²) in [6.45, 7) is 4.43. The first-order valence-corrected chi connectivity index (χ1v) is 12.7. The lowest BCUT2D eigenvalue weighted by molar-refractivity contribution is 0.592. The number of fused-ring (bicyclic) bond motifs is 3. The van der Waals surface area contributed by atoms with Crippen molar-refractivity contribution in [2.45, 2.75) is 30.2 Å². The Kier molecular flexibility index (Phi) is 5.71. The second kappa shape index (κ2) is 8.70. The lowest BCUT2D eigenvalue weighted by Gasteiger charge is -2.11. The highest BCUT2D eigenvalue weighted by Crippen LogP contribution is 2.28. The molecule has 0 spiro atoms. The molecule has 7 nitrogen and oxygen atoms in total. The van der Waals surface area contributed by atoms with Gasteiger partial charge in [-0.15, -0.1) is 5.10 Å². The van der Waals surface area contributed by atoms with Gasteiger partial charge in [0.05, 0.1) is 10.4 Å². The first kappa shape index (κ1) is 22.3.